The van der Waals surface area contributed by atoms with Gasteiger partial charge < -0.3 is 15.7 Å². The highest BCUT2D eigenvalue weighted by atomic mass is 35.5. The van der Waals surface area contributed by atoms with Gasteiger partial charge in [0.05, 0.1) is 17.2 Å². The molecule has 1 amide bonds. The quantitative estimate of drug-likeness (QED) is 0.790. The lowest BCUT2D eigenvalue weighted by atomic mass is 9.97. The molecule has 1 saturated heterocycles. The lowest BCUT2D eigenvalue weighted by Crippen LogP contribution is -2.28. The fourth-order valence-electron chi connectivity index (χ4n) is 2.19. The van der Waals surface area contributed by atoms with Crippen LogP contribution in [0.3, 0.4) is 0 Å². The van der Waals surface area contributed by atoms with Crippen LogP contribution in [0.25, 0.3) is 0 Å². The van der Waals surface area contributed by atoms with E-state index in [0.717, 1.165) is 6.54 Å². The maximum atomic E-state index is 12.1. The Balaban J connectivity index is 2.20. The number of carboxylic acid groups (broad SMARTS) is 1. The van der Waals surface area contributed by atoms with E-state index >= 15 is 0 Å². The number of hydrogen-bond acceptors (Lipinski definition) is 3. The van der Waals surface area contributed by atoms with Gasteiger partial charge in [0.25, 0.3) is 0 Å². The van der Waals surface area contributed by atoms with Gasteiger partial charge in [0.1, 0.15) is 0 Å². The predicted octanol–water partition coefficient (Wildman–Crippen LogP) is 1.83. The number of amides is 1. The van der Waals surface area contributed by atoms with Gasteiger partial charge in [-0.2, -0.15) is 0 Å². The number of halogens is 1. The summed E-state index contributed by atoms with van der Waals surface area (Å²) in [6, 6.07) is 4.33. The number of carboxylic acids is 1. The van der Waals surface area contributed by atoms with Crippen molar-refractivity contribution >= 4 is 29.2 Å². The minimum Gasteiger partial charge on any atom is -0.478 e. The molecule has 0 aliphatic carbocycles. The van der Waals surface area contributed by atoms with Crippen molar-refractivity contribution in [3.63, 3.8) is 0 Å². The zero-order valence-electron chi connectivity index (χ0n) is 10.4. The molecule has 2 atom stereocenters. The van der Waals surface area contributed by atoms with Gasteiger partial charge in [-0.3, -0.25) is 4.79 Å². The summed E-state index contributed by atoms with van der Waals surface area (Å²) in [5, 5.41) is 15.3. The lowest BCUT2D eigenvalue weighted by Gasteiger charge is -2.15. The standard InChI is InChI=1S/C13H15ClN2O3/c1-7-5-15-6-10(7)12(17)16-11-4-8(14)2-3-9(11)13(18)19/h2-4,7,10,15H,5-6H2,1H3,(H,16,17)(H,18,19)/t7-,10-/m1/s1. The van der Waals surface area contributed by atoms with E-state index in [2.05, 4.69) is 10.6 Å². The monoisotopic (exact) mass is 282 g/mol. The molecule has 1 fully saturated rings. The van der Waals surface area contributed by atoms with Crippen LogP contribution in [0.15, 0.2) is 18.2 Å². The average Bonchev–Trinajstić information content (AvgIpc) is 2.75. The van der Waals surface area contributed by atoms with Crippen molar-refractivity contribution in [1.29, 1.82) is 0 Å². The van der Waals surface area contributed by atoms with E-state index in [4.69, 9.17) is 16.7 Å². The zero-order chi connectivity index (χ0) is 14.0. The largest absolute Gasteiger partial charge is 0.478 e. The van der Waals surface area contributed by atoms with Crippen molar-refractivity contribution in [3.05, 3.63) is 28.8 Å². The van der Waals surface area contributed by atoms with Gasteiger partial charge in [-0.1, -0.05) is 18.5 Å². The highest BCUT2D eigenvalue weighted by Gasteiger charge is 2.30. The van der Waals surface area contributed by atoms with Gasteiger partial charge in [-0.25, -0.2) is 4.79 Å². The van der Waals surface area contributed by atoms with Gasteiger partial charge in [-0.05, 0) is 30.7 Å². The van der Waals surface area contributed by atoms with Crippen LogP contribution < -0.4 is 10.6 Å². The molecule has 0 radical (unpaired) electrons. The number of carbonyl (C=O) groups is 2. The van der Waals surface area contributed by atoms with Crippen molar-refractivity contribution in [2.75, 3.05) is 18.4 Å². The fourth-order valence-corrected chi connectivity index (χ4v) is 2.36. The smallest absolute Gasteiger partial charge is 0.337 e. The number of aromatic carboxylic acids is 1. The SMILES string of the molecule is C[C@@H]1CNC[C@H]1C(=O)Nc1cc(Cl)ccc1C(=O)O. The topological polar surface area (TPSA) is 78.4 Å². The highest BCUT2D eigenvalue weighted by Crippen LogP contribution is 2.24. The van der Waals surface area contributed by atoms with Crippen LogP contribution in [0.2, 0.25) is 5.02 Å². The number of hydrogen-bond donors (Lipinski definition) is 3. The Kier molecular flexibility index (Phi) is 4.07. The zero-order valence-corrected chi connectivity index (χ0v) is 11.2. The molecule has 3 N–H and O–H groups in total. The number of carbonyl (C=O) groups excluding carboxylic acids is 1. The summed E-state index contributed by atoms with van der Waals surface area (Å²) < 4.78 is 0. The van der Waals surface area contributed by atoms with Crippen LogP contribution in [0, 0.1) is 11.8 Å². The Bertz CT molecular complexity index is 519. The molecule has 0 spiro atoms. The van der Waals surface area contributed by atoms with Gasteiger partial charge in [0, 0.05) is 11.6 Å². The fraction of sp³-hybridized carbons (Fsp3) is 0.385. The minimum absolute atomic E-state index is 0.0383. The molecule has 1 aliphatic heterocycles. The molecule has 1 aliphatic rings. The van der Waals surface area contributed by atoms with E-state index < -0.39 is 5.97 Å². The van der Waals surface area contributed by atoms with Crippen molar-refractivity contribution in [2.45, 2.75) is 6.92 Å². The number of benzene rings is 1. The van der Waals surface area contributed by atoms with E-state index in [1.165, 1.54) is 18.2 Å². The molecule has 2 rings (SSSR count). The lowest BCUT2D eigenvalue weighted by molar-refractivity contribution is -0.120. The summed E-state index contributed by atoms with van der Waals surface area (Å²) in [5.41, 5.74) is 0.278. The Morgan fingerprint density at radius 2 is 2.16 bits per heavy atom. The molecular formula is C13H15ClN2O3. The van der Waals surface area contributed by atoms with Crippen molar-refractivity contribution in [1.82, 2.24) is 5.32 Å². The summed E-state index contributed by atoms with van der Waals surface area (Å²) in [7, 11) is 0. The molecule has 5 nitrogen and oxygen atoms in total. The van der Waals surface area contributed by atoms with E-state index in [0.29, 0.717) is 11.6 Å². The summed E-state index contributed by atoms with van der Waals surface area (Å²) in [6.07, 6.45) is 0. The molecule has 0 aromatic heterocycles. The minimum atomic E-state index is -1.09. The molecular weight excluding hydrogens is 268 g/mol. The van der Waals surface area contributed by atoms with Gasteiger partial charge in [0.2, 0.25) is 5.91 Å². The Morgan fingerprint density at radius 3 is 2.74 bits per heavy atom. The number of anilines is 1. The Morgan fingerprint density at radius 1 is 1.42 bits per heavy atom. The molecule has 1 heterocycles. The van der Waals surface area contributed by atoms with Gasteiger partial charge in [0.15, 0.2) is 0 Å². The normalized spacial score (nSPS) is 22.2. The first-order valence-corrected chi connectivity index (χ1v) is 6.41. The summed E-state index contributed by atoms with van der Waals surface area (Å²) in [6.45, 7) is 3.38. The maximum absolute atomic E-state index is 12.1. The van der Waals surface area contributed by atoms with E-state index in [9.17, 15) is 9.59 Å². The highest BCUT2D eigenvalue weighted by molar-refractivity contribution is 6.31. The van der Waals surface area contributed by atoms with E-state index in [1.54, 1.807) is 0 Å². The molecule has 0 bridgehead atoms. The Labute approximate surface area is 116 Å². The summed E-state index contributed by atoms with van der Waals surface area (Å²) in [4.78, 5) is 23.2. The third-order valence-electron chi connectivity index (χ3n) is 3.32. The van der Waals surface area contributed by atoms with Gasteiger partial charge in [-0.15, -0.1) is 0 Å². The second kappa shape index (κ2) is 5.59. The van der Waals surface area contributed by atoms with Crippen LogP contribution in [-0.2, 0) is 4.79 Å². The maximum Gasteiger partial charge on any atom is 0.337 e. The molecule has 102 valence electrons. The Hall–Kier alpha value is -1.59. The van der Waals surface area contributed by atoms with Crippen molar-refractivity contribution < 1.29 is 14.7 Å². The molecule has 0 unspecified atom stereocenters. The van der Waals surface area contributed by atoms with Crippen LogP contribution in [-0.4, -0.2) is 30.1 Å². The second-order valence-corrected chi connectivity index (χ2v) is 5.16. The number of nitrogens with one attached hydrogen (secondary N) is 2. The molecule has 0 saturated carbocycles. The molecule has 1 aromatic rings. The van der Waals surface area contributed by atoms with Crippen LogP contribution >= 0.6 is 11.6 Å². The second-order valence-electron chi connectivity index (χ2n) is 4.73. The summed E-state index contributed by atoms with van der Waals surface area (Å²) in [5.74, 6) is -1.19. The third-order valence-corrected chi connectivity index (χ3v) is 3.56. The third kappa shape index (κ3) is 3.05. The van der Waals surface area contributed by atoms with Gasteiger partial charge >= 0.3 is 5.97 Å². The first-order valence-electron chi connectivity index (χ1n) is 6.03. The average molecular weight is 283 g/mol. The van der Waals surface area contributed by atoms with E-state index in [1.807, 2.05) is 6.92 Å². The molecule has 1 aromatic carbocycles. The first-order chi connectivity index (χ1) is 8.99. The summed E-state index contributed by atoms with van der Waals surface area (Å²) >= 11 is 5.84. The van der Waals surface area contributed by atoms with E-state index in [-0.39, 0.29) is 29.0 Å². The molecule has 6 heteroatoms. The number of rotatable bonds is 3. The van der Waals surface area contributed by atoms with Crippen LogP contribution in [0.4, 0.5) is 5.69 Å². The first kappa shape index (κ1) is 13.8. The molecule has 19 heavy (non-hydrogen) atoms. The van der Waals surface area contributed by atoms with Crippen molar-refractivity contribution in [3.8, 4) is 0 Å². The van der Waals surface area contributed by atoms with Crippen LogP contribution in [0.5, 0.6) is 0 Å². The van der Waals surface area contributed by atoms with Crippen molar-refractivity contribution in [2.24, 2.45) is 11.8 Å². The van der Waals surface area contributed by atoms with Crippen LogP contribution in [0.1, 0.15) is 17.3 Å². The predicted molar refractivity (Wildman–Crippen MR) is 72.6 cm³/mol.